The fraction of sp³-hybridized carbons (Fsp3) is 0.176. The summed E-state index contributed by atoms with van der Waals surface area (Å²) in [6, 6.07) is 13.1. The Hall–Kier alpha value is -3.00. The maximum atomic E-state index is 13.0. The fourth-order valence-electron chi connectivity index (χ4n) is 2.89. The number of nitrogens with one attached hydrogen (secondary N) is 2. The number of amides is 1. The number of carbonyl (C=O) groups excluding carboxylic acids is 1. The summed E-state index contributed by atoms with van der Waals surface area (Å²) in [6.07, 6.45) is 0. The number of nitrogens with zero attached hydrogens (tertiary/aromatic N) is 4. The van der Waals surface area contributed by atoms with Gasteiger partial charge in [-0.15, -0.1) is 11.3 Å². The highest BCUT2D eigenvalue weighted by molar-refractivity contribution is 7.12. The van der Waals surface area contributed by atoms with Gasteiger partial charge in [0, 0.05) is 21.1 Å². The first-order valence-corrected chi connectivity index (χ1v) is 8.63. The van der Waals surface area contributed by atoms with Gasteiger partial charge in [0.05, 0.1) is 5.57 Å². The van der Waals surface area contributed by atoms with Gasteiger partial charge in [-0.05, 0) is 48.5 Å². The molecular formula is C17H16N6OS. The van der Waals surface area contributed by atoms with Gasteiger partial charge in [-0.3, -0.25) is 4.79 Å². The first-order chi connectivity index (χ1) is 12.1. The van der Waals surface area contributed by atoms with Gasteiger partial charge in [0.25, 0.3) is 5.91 Å². The van der Waals surface area contributed by atoms with Crippen LogP contribution >= 0.6 is 11.3 Å². The predicted molar refractivity (Wildman–Crippen MR) is 96.4 cm³/mol. The number of allylic oxidation sites excluding steroid dienone is 1. The largest absolute Gasteiger partial charge is 0.326 e. The molecule has 4 rings (SSSR count). The molecule has 0 radical (unpaired) electrons. The van der Waals surface area contributed by atoms with Crippen molar-refractivity contribution in [3.05, 3.63) is 63.5 Å². The van der Waals surface area contributed by atoms with Crippen LogP contribution in [0.2, 0.25) is 0 Å². The molecule has 2 N–H and O–H groups in total. The van der Waals surface area contributed by atoms with Gasteiger partial charge in [0.1, 0.15) is 6.04 Å². The summed E-state index contributed by atoms with van der Waals surface area (Å²) < 4.78 is 1.65. The van der Waals surface area contributed by atoms with Crippen molar-refractivity contribution < 1.29 is 4.79 Å². The Balaban J connectivity index is 1.76. The molecule has 0 saturated heterocycles. The minimum absolute atomic E-state index is 0.173. The van der Waals surface area contributed by atoms with Crippen molar-refractivity contribution >= 4 is 28.9 Å². The Morgan fingerprint density at radius 2 is 2.00 bits per heavy atom. The van der Waals surface area contributed by atoms with Crippen molar-refractivity contribution in [1.82, 2.24) is 20.2 Å². The lowest BCUT2D eigenvalue weighted by molar-refractivity contribution is -0.113. The normalized spacial score (nSPS) is 16.3. The number of aromatic nitrogens is 4. The second-order valence-electron chi connectivity index (χ2n) is 5.78. The van der Waals surface area contributed by atoms with Gasteiger partial charge < -0.3 is 10.6 Å². The summed E-state index contributed by atoms with van der Waals surface area (Å²) >= 11 is 1.63. The summed E-state index contributed by atoms with van der Waals surface area (Å²) in [7, 11) is 0. The smallest absolute Gasteiger partial charge is 0.255 e. The van der Waals surface area contributed by atoms with Crippen LogP contribution in [0, 0.1) is 6.92 Å². The van der Waals surface area contributed by atoms with Crippen LogP contribution in [0.1, 0.15) is 22.7 Å². The molecule has 126 valence electrons. The number of hydrogen-bond acceptors (Lipinski definition) is 6. The number of anilines is 2. The summed E-state index contributed by atoms with van der Waals surface area (Å²) in [4.78, 5) is 15.2. The van der Waals surface area contributed by atoms with Crippen LogP contribution in [0.3, 0.4) is 0 Å². The maximum Gasteiger partial charge on any atom is 0.255 e. The highest BCUT2D eigenvalue weighted by Gasteiger charge is 2.34. The van der Waals surface area contributed by atoms with Gasteiger partial charge in [-0.25, -0.2) is 0 Å². The van der Waals surface area contributed by atoms with E-state index in [9.17, 15) is 4.79 Å². The summed E-state index contributed by atoms with van der Waals surface area (Å²) in [5.74, 6) is 0.359. The lowest BCUT2D eigenvalue weighted by Gasteiger charge is -2.27. The molecule has 0 fully saturated rings. The van der Waals surface area contributed by atoms with Crippen LogP contribution < -0.4 is 10.6 Å². The number of aryl methyl sites for hydroxylation is 1. The molecule has 25 heavy (non-hydrogen) atoms. The molecule has 0 aliphatic carbocycles. The fourth-order valence-corrected chi connectivity index (χ4v) is 3.86. The molecule has 1 aliphatic heterocycles. The second kappa shape index (κ2) is 6.14. The minimum atomic E-state index is -0.353. The van der Waals surface area contributed by atoms with E-state index in [2.05, 4.69) is 26.2 Å². The first kappa shape index (κ1) is 15.5. The summed E-state index contributed by atoms with van der Waals surface area (Å²) in [5.41, 5.74) is 2.09. The first-order valence-electron chi connectivity index (χ1n) is 7.82. The highest BCUT2D eigenvalue weighted by Crippen LogP contribution is 2.37. The van der Waals surface area contributed by atoms with E-state index in [1.54, 1.807) is 16.0 Å². The Morgan fingerprint density at radius 1 is 1.20 bits per heavy atom. The van der Waals surface area contributed by atoms with E-state index < -0.39 is 0 Å². The zero-order valence-corrected chi connectivity index (χ0v) is 14.5. The Bertz CT molecular complexity index is 958. The quantitative estimate of drug-likeness (QED) is 0.757. The van der Waals surface area contributed by atoms with E-state index in [-0.39, 0.29) is 11.9 Å². The lowest BCUT2D eigenvalue weighted by atomic mass is 10.0. The molecule has 0 bridgehead atoms. The minimum Gasteiger partial charge on any atom is -0.326 e. The number of para-hydroxylation sites is 1. The van der Waals surface area contributed by atoms with E-state index >= 15 is 0 Å². The van der Waals surface area contributed by atoms with E-state index in [1.807, 2.05) is 56.3 Å². The van der Waals surface area contributed by atoms with Crippen LogP contribution in [0.5, 0.6) is 0 Å². The van der Waals surface area contributed by atoms with Gasteiger partial charge in [-0.1, -0.05) is 23.3 Å². The van der Waals surface area contributed by atoms with Crippen LogP contribution in [-0.4, -0.2) is 26.1 Å². The molecule has 0 spiro atoms. The van der Waals surface area contributed by atoms with Crippen molar-refractivity contribution in [3.63, 3.8) is 0 Å². The number of benzene rings is 1. The molecule has 1 aromatic carbocycles. The van der Waals surface area contributed by atoms with E-state index in [0.717, 1.165) is 16.3 Å². The average molecular weight is 352 g/mol. The monoisotopic (exact) mass is 352 g/mol. The van der Waals surface area contributed by atoms with Crippen molar-refractivity contribution in [2.75, 3.05) is 10.6 Å². The molecule has 1 amide bonds. The van der Waals surface area contributed by atoms with E-state index in [0.29, 0.717) is 11.5 Å². The molecule has 7 nitrogen and oxygen atoms in total. The Kier molecular flexibility index (Phi) is 3.81. The van der Waals surface area contributed by atoms with Crippen molar-refractivity contribution in [1.29, 1.82) is 0 Å². The third-order valence-electron chi connectivity index (χ3n) is 4.02. The van der Waals surface area contributed by atoms with Crippen LogP contribution in [-0.2, 0) is 4.79 Å². The standard InChI is InChI=1S/C17H16N6OS/c1-10-8-9-13(25-10)15-14(11(2)18-17-20-21-22-23(15)17)16(24)19-12-6-4-3-5-7-12/h3-9,15H,1-2H3,(H,19,24)(H,18,20,22). The third kappa shape index (κ3) is 2.80. The molecule has 1 aliphatic rings. The summed E-state index contributed by atoms with van der Waals surface area (Å²) in [5, 5.41) is 17.9. The van der Waals surface area contributed by atoms with Gasteiger partial charge in [0.2, 0.25) is 5.95 Å². The van der Waals surface area contributed by atoms with E-state index in [1.165, 1.54) is 4.88 Å². The zero-order valence-electron chi connectivity index (χ0n) is 13.7. The molecule has 0 saturated carbocycles. The predicted octanol–water partition coefficient (Wildman–Crippen LogP) is 2.97. The molecule has 8 heteroatoms. The average Bonchev–Trinajstić information content (AvgIpc) is 3.23. The van der Waals surface area contributed by atoms with Gasteiger partial charge in [-0.2, -0.15) is 4.68 Å². The number of thiophene rings is 1. The summed E-state index contributed by atoms with van der Waals surface area (Å²) in [6.45, 7) is 3.90. The molecule has 3 heterocycles. The number of hydrogen-bond donors (Lipinski definition) is 2. The SMILES string of the molecule is CC1=C(C(=O)Nc2ccccc2)C(c2ccc(C)s2)n2nnnc2N1. The number of rotatable bonds is 3. The molecule has 1 atom stereocenters. The third-order valence-corrected chi connectivity index (χ3v) is 5.07. The number of carbonyl (C=O) groups is 1. The van der Waals surface area contributed by atoms with Crippen LogP contribution in [0.15, 0.2) is 53.7 Å². The topological polar surface area (TPSA) is 84.7 Å². The van der Waals surface area contributed by atoms with Crippen molar-refractivity contribution in [2.24, 2.45) is 0 Å². The molecular weight excluding hydrogens is 336 g/mol. The van der Waals surface area contributed by atoms with Gasteiger partial charge >= 0.3 is 0 Å². The molecule has 1 unspecified atom stereocenters. The number of tetrazole rings is 1. The lowest BCUT2D eigenvalue weighted by Crippen LogP contribution is -2.31. The van der Waals surface area contributed by atoms with E-state index in [4.69, 9.17) is 0 Å². The molecule has 2 aromatic heterocycles. The molecule has 3 aromatic rings. The Morgan fingerprint density at radius 3 is 2.72 bits per heavy atom. The Labute approximate surface area is 148 Å². The van der Waals surface area contributed by atoms with Crippen LogP contribution in [0.25, 0.3) is 0 Å². The maximum absolute atomic E-state index is 13.0. The second-order valence-corrected chi connectivity index (χ2v) is 7.10. The number of fused-ring (bicyclic) bond motifs is 1. The van der Waals surface area contributed by atoms with Gasteiger partial charge in [0.15, 0.2) is 0 Å². The zero-order chi connectivity index (χ0) is 17.4. The van der Waals surface area contributed by atoms with Crippen molar-refractivity contribution in [2.45, 2.75) is 19.9 Å². The van der Waals surface area contributed by atoms with Crippen LogP contribution in [0.4, 0.5) is 11.6 Å². The van der Waals surface area contributed by atoms with Crippen molar-refractivity contribution in [3.8, 4) is 0 Å². The highest BCUT2D eigenvalue weighted by atomic mass is 32.1.